The van der Waals surface area contributed by atoms with Crippen LogP contribution in [0.3, 0.4) is 0 Å². The number of ether oxygens (including phenoxy) is 4. The molecule has 0 spiro atoms. The van der Waals surface area contributed by atoms with E-state index in [1.807, 2.05) is 72.8 Å². The molecule has 0 radical (unpaired) electrons. The minimum atomic E-state index is -1.08. The van der Waals surface area contributed by atoms with Gasteiger partial charge in [0.15, 0.2) is 28.8 Å². The van der Waals surface area contributed by atoms with Gasteiger partial charge in [-0.15, -0.1) is 0 Å². The fraction of sp³-hybridized carbons (Fsp3) is 0.179. The lowest BCUT2D eigenvalue weighted by molar-refractivity contribution is 0.0944. The molecule has 0 N–H and O–H groups in total. The number of benzene rings is 4. The molecule has 0 atom stereocenters. The Labute approximate surface area is 192 Å². The second kappa shape index (κ2) is 7.85. The van der Waals surface area contributed by atoms with E-state index in [-0.39, 0.29) is 5.78 Å². The monoisotopic (exact) mass is 440 g/mol. The van der Waals surface area contributed by atoms with Gasteiger partial charge in [0.2, 0.25) is 0 Å². The van der Waals surface area contributed by atoms with E-state index in [1.54, 1.807) is 28.4 Å². The van der Waals surface area contributed by atoms with Crippen LogP contribution in [0.2, 0.25) is 0 Å². The zero-order chi connectivity index (χ0) is 23.2. The van der Waals surface area contributed by atoms with Gasteiger partial charge in [-0.05, 0) is 51.7 Å². The summed E-state index contributed by atoms with van der Waals surface area (Å²) in [5, 5.41) is 2.00. The summed E-state index contributed by atoms with van der Waals surface area (Å²) in [4.78, 5) is 14.4. The number of methoxy groups -OCH3 is 4. The summed E-state index contributed by atoms with van der Waals surface area (Å²) < 4.78 is 22.1. The third-order valence-electron chi connectivity index (χ3n) is 6.53. The molecule has 4 aromatic rings. The van der Waals surface area contributed by atoms with E-state index in [0.29, 0.717) is 28.6 Å². The van der Waals surface area contributed by atoms with E-state index < -0.39 is 5.41 Å². The molecule has 4 aromatic carbocycles. The molecule has 0 fully saturated rings. The van der Waals surface area contributed by atoms with Crippen LogP contribution in [0.1, 0.15) is 27.0 Å². The number of carbonyl (C=O) groups is 1. The molecular formula is C28H24O5. The Bertz CT molecular complexity index is 1330. The number of carbonyl (C=O) groups excluding carboxylic acids is 1. The Kier molecular flexibility index (Phi) is 4.97. The molecule has 0 bridgehead atoms. The summed E-state index contributed by atoms with van der Waals surface area (Å²) >= 11 is 0. The fourth-order valence-electron chi connectivity index (χ4n) is 5.05. The van der Waals surface area contributed by atoms with Crippen molar-refractivity contribution in [3.8, 4) is 23.0 Å². The van der Waals surface area contributed by atoms with Crippen LogP contribution in [-0.4, -0.2) is 34.2 Å². The average Bonchev–Trinajstić information content (AvgIpc) is 3.13. The molecule has 0 saturated heterocycles. The van der Waals surface area contributed by atoms with Crippen molar-refractivity contribution < 1.29 is 23.7 Å². The number of hydrogen-bond acceptors (Lipinski definition) is 5. The Hall–Kier alpha value is -3.99. The molecule has 5 heteroatoms. The van der Waals surface area contributed by atoms with Gasteiger partial charge in [0.1, 0.15) is 5.41 Å². The molecule has 1 aliphatic rings. The summed E-state index contributed by atoms with van der Waals surface area (Å²) in [6, 6.07) is 23.2. The average molecular weight is 440 g/mol. The zero-order valence-electron chi connectivity index (χ0n) is 19.0. The molecule has 33 heavy (non-hydrogen) atoms. The van der Waals surface area contributed by atoms with Gasteiger partial charge in [-0.1, -0.05) is 48.5 Å². The third-order valence-corrected chi connectivity index (χ3v) is 6.53. The second-order valence-corrected chi connectivity index (χ2v) is 7.93. The Morgan fingerprint density at radius 2 is 1.12 bits per heavy atom. The summed E-state index contributed by atoms with van der Waals surface area (Å²) in [5.74, 6) is 2.33. The maximum Gasteiger partial charge on any atom is 0.182 e. The predicted molar refractivity (Wildman–Crippen MR) is 127 cm³/mol. The van der Waals surface area contributed by atoms with Crippen LogP contribution in [0.25, 0.3) is 10.8 Å². The topological polar surface area (TPSA) is 54.0 Å². The van der Waals surface area contributed by atoms with Gasteiger partial charge in [0.25, 0.3) is 0 Å². The molecule has 166 valence electrons. The van der Waals surface area contributed by atoms with Crippen LogP contribution in [0.4, 0.5) is 0 Å². The van der Waals surface area contributed by atoms with E-state index in [2.05, 4.69) is 0 Å². The van der Waals surface area contributed by atoms with E-state index in [1.165, 1.54) is 0 Å². The van der Waals surface area contributed by atoms with Gasteiger partial charge >= 0.3 is 0 Å². The molecule has 0 aliphatic heterocycles. The van der Waals surface area contributed by atoms with Gasteiger partial charge in [0.05, 0.1) is 28.4 Å². The Morgan fingerprint density at radius 1 is 0.606 bits per heavy atom. The maximum atomic E-state index is 14.4. The predicted octanol–water partition coefficient (Wildman–Crippen LogP) is 5.40. The first-order valence-corrected chi connectivity index (χ1v) is 10.6. The minimum Gasteiger partial charge on any atom is -0.493 e. The summed E-state index contributed by atoms with van der Waals surface area (Å²) in [7, 11) is 6.38. The van der Waals surface area contributed by atoms with E-state index in [9.17, 15) is 4.79 Å². The van der Waals surface area contributed by atoms with Crippen molar-refractivity contribution in [2.24, 2.45) is 0 Å². The highest BCUT2D eigenvalue weighted by Gasteiger charge is 2.50. The highest BCUT2D eigenvalue weighted by Crippen LogP contribution is 2.52. The first-order chi connectivity index (χ1) is 16.1. The van der Waals surface area contributed by atoms with Crippen molar-refractivity contribution in [3.05, 3.63) is 95.1 Å². The summed E-state index contributed by atoms with van der Waals surface area (Å²) in [5.41, 5.74) is 2.14. The molecule has 0 unspecified atom stereocenters. The van der Waals surface area contributed by atoms with Crippen molar-refractivity contribution in [2.45, 2.75) is 5.41 Å². The van der Waals surface area contributed by atoms with Crippen LogP contribution in [-0.2, 0) is 5.41 Å². The Morgan fingerprint density at radius 3 is 1.64 bits per heavy atom. The standard InChI is InChI=1S/C28H24O5/c1-30-22-13-11-18(15-24(22)32-3)28(19-12-14-23(31-2)25(16-19)33-4)21-10-6-8-17-7-5-9-20(26(17)21)27(28)29/h5-16H,1-4H3. The third kappa shape index (κ3) is 2.82. The van der Waals surface area contributed by atoms with Crippen molar-refractivity contribution in [1.29, 1.82) is 0 Å². The minimum absolute atomic E-state index is 0.00809. The van der Waals surface area contributed by atoms with E-state index >= 15 is 0 Å². The highest BCUT2D eigenvalue weighted by atomic mass is 16.5. The lowest BCUT2D eigenvalue weighted by Crippen LogP contribution is -2.35. The largest absolute Gasteiger partial charge is 0.493 e. The van der Waals surface area contributed by atoms with Crippen molar-refractivity contribution in [2.75, 3.05) is 28.4 Å². The number of hydrogen-bond donors (Lipinski definition) is 0. The number of Topliss-reactive ketones (excluding diaryl/α,β-unsaturated/α-hetero) is 1. The summed E-state index contributed by atoms with van der Waals surface area (Å²) in [6.07, 6.45) is 0. The van der Waals surface area contributed by atoms with Gasteiger partial charge in [-0.2, -0.15) is 0 Å². The van der Waals surface area contributed by atoms with Crippen molar-refractivity contribution in [3.63, 3.8) is 0 Å². The van der Waals surface area contributed by atoms with Gasteiger partial charge < -0.3 is 18.9 Å². The van der Waals surface area contributed by atoms with E-state index in [4.69, 9.17) is 18.9 Å². The van der Waals surface area contributed by atoms with Crippen molar-refractivity contribution in [1.82, 2.24) is 0 Å². The summed E-state index contributed by atoms with van der Waals surface area (Å²) in [6.45, 7) is 0. The van der Waals surface area contributed by atoms with Crippen LogP contribution in [0, 0.1) is 0 Å². The Balaban J connectivity index is 1.90. The van der Waals surface area contributed by atoms with Crippen LogP contribution >= 0.6 is 0 Å². The van der Waals surface area contributed by atoms with Gasteiger partial charge in [-0.25, -0.2) is 0 Å². The van der Waals surface area contributed by atoms with Crippen LogP contribution in [0.5, 0.6) is 23.0 Å². The lowest BCUT2D eigenvalue weighted by atomic mass is 9.68. The smallest absolute Gasteiger partial charge is 0.182 e. The first-order valence-electron chi connectivity index (χ1n) is 10.6. The van der Waals surface area contributed by atoms with E-state index in [0.717, 1.165) is 27.5 Å². The highest BCUT2D eigenvalue weighted by molar-refractivity contribution is 6.23. The number of ketones is 1. The van der Waals surface area contributed by atoms with Crippen LogP contribution in [0.15, 0.2) is 72.8 Å². The molecule has 0 aromatic heterocycles. The first kappa shape index (κ1) is 20.9. The molecule has 1 aliphatic carbocycles. The zero-order valence-corrected chi connectivity index (χ0v) is 19.0. The fourth-order valence-corrected chi connectivity index (χ4v) is 5.05. The van der Waals surface area contributed by atoms with Crippen LogP contribution < -0.4 is 18.9 Å². The second-order valence-electron chi connectivity index (χ2n) is 7.93. The van der Waals surface area contributed by atoms with Gasteiger partial charge in [-0.3, -0.25) is 4.79 Å². The molecular weight excluding hydrogens is 416 g/mol. The number of rotatable bonds is 6. The molecule has 0 amide bonds. The SMILES string of the molecule is COc1ccc(C2(c3ccc(OC)c(OC)c3)C(=O)c3cccc4cccc2c34)cc1OC. The normalized spacial score (nSPS) is 13.8. The molecule has 5 nitrogen and oxygen atoms in total. The quantitative estimate of drug-likeness (QED) is 0.402. The van der Waals surface area contributed by atoms with Gasteiger partial charge in [0, 0.05) is 5.56 Å². The molecule has 0 saturated carbocycles. The molecule has 5 rings (SSSR count). The lowest BCUT2D eigenvalue weighted by Gasteiger charge is -2.31. The van der Waals surface area contributed by atoms with Crippen molar-refractivity contribution >= 4 is 16.6 Å². The maximum absolute atomic E-state index is 14.4. The molecule has 0 heterocycles.